The Morgan fingerprint density at radius 3 is 2.58 bits per heavy atom. The van der Waals surface area contributed by atoms with Crippen molar-refractivity contribution in [2.75, 3.05) is 13.1 Å². The maximum absolute atomic E-state index is 13.5. The molecule has 2 aliphatic heterocycles. The fraction of sp³-hybridized carbons (Fsp3) is 0.645. The number of ether oxygens (including phenoxy) is 1. The van der Waals surface area contributed by atoms with Gasteiger partial charge in [-0.2, -0.15) is 5.26 Å². The van der Waals surface area contributed by atoms with E-state index < -0.39 is 41.3 Å². The second kappa shape index (κ2) is 14.5. The minimum absolute atomic E-state index is 0.0200. The van der Waals surface area contributed by atoms with Crippen LogP contribution in [0.25, 0.3) is 0 Å². The number of aldehydes is 1. The summed E-state index contributed by atoms with van der Waals surface area (Å²) in [5, 5.41) is 30.3. The molecule has 234 valence electrons. The molecule has 1 aromatic rings. The largest absolute Gasteiger partial charge is 0.445 e. The molecule has 3 amide bonds. The first-order valence-corrected chi connectivity index (χ1v) is 15.5. The number of nitriles is 1. The van der Waals surface area contributed by atoms with E-state index in [0.29, 0.717) is 49.2 Å². The van der Waals surface area contributed by atoms with Gasteiger partial charge in [0.05, 0.1) is 12.1 Å². The number of aliphatic hydroxyl groups excluding tert-OH is 1. The van der Waals surface area contributed by atoms with Crippen LogP contribution in [-0.2, 0) is 25.7 Å². The Balaban J connectivity index is 1.40. The minimum atomic E-state index is -1.32. The highest BCUT2D eigenvalue weighted by molar-refractivity contribution is 6.30. The van der Waals surface area contributed by atoms with Gasteiger partial charge in [0.15, 0.2) is 0 Å². The van der Waals surface area contributed by atoms with Crippen LogP contribution >= 0.6 is 11.6 Å². The van der Waals surface area contributed by atoms with Crippen LogP contribution in [0.5, 0.6) is 0 Å². The van der Waals surface area contributed by atoms with Crippen molar-refractivity contribution in [1.29, 1.82) is 5.26 Å². The van der Waals surface area contributed by atoms with Crippen molar-refractivity contribution in [2.24, 2.45) is 11.3 Å². The Morgan fingerprint density at radius 1 is 1.23 bits per heavy atom. The van der Waals surface area contributed by atoms with Crippen molar-refractivity contribution in [3.63, 3.8) is 0 Å². The molecule has 3 unspecified atom stereocenters. The lowest BCUT2D eigenvalue weighted by molar-refractivity contribution is -0.130. The Hall–Kier alpha value is -3.20. The number of alkyl carbamates (subject to hydrolysis) is 1. The predicted octanol–water partition coefficient (Wildman–Crippen LogP) is 3.18. The third-order valence-corrected chi connectivity index (χ3v) is 9.48. The van der Waals surface area contributed by atoms with E-state index in [1.165, 1.54) is 6.92 Å². The van der Waals surface area contributed by atoms with Gasteiger partial charge >= 0.3 is 6.09 Å². The number of carbonyl (C=O) groups is 4. The van der Waals surface area contributed by atoms with Crippen LogP contribution in [0.3, 0.4) is 0 Å². The number of halogens is 1. The van der Waals surface area contributed by atoms with E-state index in [2.05, 4.69) is 22.0 Å². The van der Waals surface area contributed by atoms with Crippen molar-refractivity contribution in [3.8, 4) is 6.07 Å². The van der Waals surface area contributed by atoms with Crippen molar-refractivity contribution in [2.45, 2.75) is 102 Å². The molecule has 1 spiro atoms. The third-order valence-electron chi connectivity index (χ3n) is 9.25. The highest BCUT2D eigenvalue weighted by Crippen LogP contribution is 2.46. The van der Waals surface area contributed by atoms with Gasteiger partial charge in [-0.05, 0) is 55.7 Å². The van der Waals surface area contributed by atoms with E-state index >= 15 is 0 Å². The van der Waals surface area contributed by atoms with Gasteiger partial charge in [0.25, 0.3) is 0 Å². The summed E-state index contributed by atoms with van der Waals surface area (Å²) in [7, 11) is 0. The van der Waals surface area contributed by atoms with Gasteiger partial charge in [0.2, 0.25) is 11.8 Å². The molecule has 0 aromatic heterocycles. The Morgan fingerprint density at radius 2 is 1.95 bits per heavy atom. The van der Waals surface area contributed by atoms with Crippen molar-refractivity contribution >= 4 is 35.8 Å². The number of piperidine rings is 1. The molecule has 12 heteroatoms. The van der Waals surface area contributed by atoms with Crippen molar-refractivity contribution in [1.82, 2.24) is 20.9 Å². The minimum Gasteiger partial charge on any atom is -0.445 e. The number of rotatable bonds is 10. The van der Waals surface area contributed by atoms with E-state index in [1.54, 1.807) is 29.2 Å². The standard InChI is InChI=1S/C31H42ClN5O6/c1-21(39)37-12-10-31(11-13-37)19-30(20-33,28(41)36-31)16-25(17-38)34-27(40)26(15-22-6-3-2-4-7-22)35-29(42)43-18-23-8-5-9-24(32)14-23/h5,8-9,14,17,22,25-26,28,36,41H,2-4,6-7,10-13,15-16,18-19H2,1H3,(H,34,40)(H,35,42)/t25?,26-,28?,30?/m0/s1. The maximum atomic E-state index is 13.5. The molecule has 0 bridgehead atoms. The van der Waals surface area contributed by atoms with E-state index in [-0.39, 0.29) is 31.3 Å². The summed E-state index contributed by atoms with van der Waals surface area (Å²) in [6.45, 7) is 2.50. The fourth-order valence-electron chi connectivity index (χ4n) is 6.84. The number of nitrogens with zero attached hydrogens (tertiary/aromatic N) is 2. The molecule has 43 heavy (non-hydrogen) atoms. The lowest BCUT2D eigenvalue weighted by Gasteiger charge is -2.39. The van der Waals surface area contributed by atoms with Gasteiger partial charge in [-0.1, -0.05) is 55.8 Å². The Bertz CT molecular complexity index is 1210. The SMILES string of the molecule is CC(=O)N1CCC2(CC1)CC(C#N)(CC(C=O)NC(=O)[C@H](CC1CCCCC1)NC(=O)OCc1cccc(Cl)c1)C(O)N2. The summed E-state index contributed by atoms with van der Waals surface area (Å²) in [6.07, 6.45) is 5.44. The molecule has 2 saturated heterocycles. The van der Waals surface area contributed by atoms with Crippen LogP contribution in [0, 0.1) is 22.7 Å². The summed E-state index contributed by atoms with van der Waals surface area (Å²) in [4.78, 5) is 52.0. The molecule has 2 heterocycles. The number of benzene rings is 1. The zero-order chi connectivity index (χ0) is 31.0. The zero-order valence-corrected chi connectivity index (χ0v) is 25.4. The molecule has 0 radical (unpaired) electrons. The van der Waals surface area contributed by atoms with Crippen LogP contribution in [0.4, 0.5) is 4.79 Å². The quantitative estimate of drug-likeness (QED) is 0.292. The van der Waals surface area contributed by atoms with E-state index in [4.69, 9.17) is 16.3 Å². The molecule has 11 nitrogen and oxygen atoms in total. The van der Waals surface area contributed by atoms with E-state index in [9.17, 15) is 29.5 Å². The lowest BCUT2D eigenvalue weighted by atomic mass is 9.73. The third kappa shape index (κ3) is 8.46. The number of amides is 3. The van der Waals surface area contributed by atoms with Gasteiger partial charge in [-0.25, -0.2) is 4.79 Å². The number of hydrogen-bond acceptors (Lipinski definition) is 8. The van der Waals surface area contributed by atoms with Crippen LogP contribution in [0.1, 0.15) is 76.7 Å². The monoisotopic (exact) mass is 615 g/mol. The first-order chi connectivity index (χ1) is 20.6. The predicted molar refractivity (Wildman–Crippen MR) is 158 cm³/mol. The fourth-order valence-corrected chi connectivity index (χ4v) is 7.05. The number of hydrogen-bond donors (Lipinski definition) is 4. The van der Waals surface area contributed by atoms with E-state index in [0.717, 1.165) is 32.1 Å². The van der Waals surface area contributed by atoms with Crippen LogP contribution in [0.15, 0.2) is 24.3 Å². The number of nitrogens with one attached hydrogen (secondary N) is 3. The summed E-state index contributed by atoms with van der Waals surface area (Å²) >= 11 is 6.01. The average Bonchev–Trinajstić information content (AvgIpc) is 3.26. The molecular formula is C31H42ClN5O6. The Kier molecular flexibility index (Phi) is 11.0. The summed E-state index contributed by atoms with van der Waals surface area (Å²) in [5.74, 6) is -0.326. The molecule has 4 rings (SSSR count). The van der Waals surface area contributed by atoms with Crippen molar-refractivity contribution in [3.05, 3.63) is 34.9 Å². The normalized spacial score (nSPS) is 24.9. The van der Waals surface area contributed by atoms with Crippen molar-refractivity contribution < 1.29 is 29.0 Å². The number of likely N-dealkylation sites (tertiary alicyclic amines) is 1. The number of carbonyl (C=O) groups excluding carboxylic acids is 4. The molecular weight excluding hydrogens is 574 g/mol. The van der Waals surface area contributed by atoms with Crippen LogP contribution < -0.4 is 16.0 Å². The van der Waals surface area contributed by atoms with Gasteiger partial charge in [0.1, 0.15) is 30.6 Å². The first-order valence-electron chi connectivity index (χ1n) is 15.1. The highest BCUT2D eigenvalue weighted by Gasteiger charge is 2.56. The summed E-state index contributed by atoms with van der Waals surface area (Å²) in [6, 6.07) is 7.15. The average molecular weight is 616 g/mol. The molecule has 4 atom stereocenters. The van der Waals surface area contributed by atoms with Crippen LogP contribution in [-0.4, -0.2) is 71.1 Å². The van der Waals surface area contributed by atoms with E-state index in [1.807, 2.05) is 0 Å². The van der Waals surface area contributed by atoms with Crippen LogP contribution in [0.2, 0.25) is 5.02 Å². The molecule has 3 aliphatic rings. The summed E-state index contributed by atoms with van der Waals surface area (Å²) < 4.78 is 5.36. The molecule has 1 aliphatic carbocycles. The summed E-state index contributed by atoms with van der Waals surface area (Å²) in [5.41, 5.74) is -1.16. The second-order valence-corrected chi connectivity index (χ2v) is 12.8. The highest BCUT2D eigenvalue weighted by atomic mass is 35.5. The smallest absolute Gasteiger partial charge is 0.408 e. The lowest BCUT2D eigenvalue weighted by Crippen LogP contribution is -2.53. The molecule has 3 fully saturated rings. The van der Waals surface area contributed by atoms with Gasteiger partial charge in [0, 0.05) is 30.6 Å². The maximum Gasteiger partial charge on any atom is 0.408 e. The van der Waals surface area contributed by atoms with Gasteiger partial charge < -0.3 is 30.2 Å². The topological polar surface area (TPSA) is 161 Å². The molecule has 1 saturated carbocycles. The number of aliphatic hydroxyl groups is 1. The van der Waals surface area contributed by atoms with Gasteiger partial charge in [-0.15, -0.1) is 0 Å². The van der Waals surface area contributed by atoms with Gasteiger partial charge in [-0.3, -0.25) is 14.9 Å². The molecule has 4 N–H and O–H groups in total. The second-order valence-electron chi connectivity index (χ2n) is 12.4. The zero-order valence-electron chi connectivity index (χ0n) is 24.6. The first kappa shape index (κ1) is 32.7. The Labute approximate surface area is 257 Å². The molecule has 1 aromatic carbocycles.